The number of carboxylic acids is 1. The van der Waals surface area contributed by atoms with Crippen molar-refractivity contribution in [2.24, 2.45) is 0 Å². The van der Waals surface area contributed by atoms with E-state index in [4.69, 9.17) is 9.84 Å². The second-order valence-corrected chi connectivity index (χ2v) is 5.70. The quantitative estimate of drug-likeness (QED) is 0.846. The number of nitrogens with one attached hydrogen (secondary N) is 1. The van der Waals surface area contributed by atoms with Crippen LogP contribution in [0.5, 0.6) is 0 Å². The Morgan fingerprint density at radius 1 is 1.30 bits per heavy atom. The lowest BCUT2D eigenvalue weighted by Gasteiger charge is -2.04. The number of rotatable bonds is 4. The van der Waals surface area contributed by atoms with Crippen LogP contribution in [0.3, 0.4) is 0 Å². The minimum atomic E-state index is -0.964. The molecule has 0 spiro atoms. The summed E-state index contributed by atoms with van der Waals surface area (Å²) in [7, 11) is 0. The molecule has 2 aromatic rings. The number of carbonyl (C=O) groups is 2. The lowest BCUT2D eigenvalue weighted by molar-refractivity contribution is 0.0702. The van der Waals surface area contributed by atoms with Gasteiger partial charge in [0.1, 0.15) is 11.5 Å². The zero-order valence-corrected chi connectivity index (χ0v) is 13.3. The van der Waals surface area contributed by atoms with Crippen molar-refractivity contribution in [3.05, 3.63) is 57.3 Å². The Kier molecular flexibility index (Phi) is 5.78. The SMILES string of the molecule is Cc1cc(C(=O)O)sc1C#CCNC(=O)OCc1ccccc1. The molecule has 0 aliphatic rings. The van der Waals surface area contributed by atoms with Gasteiger partial charge in [0, 0.05) is 0 Å². The number of carboxylic acid groups (broad SMARTS) is 1. The van der Waals surface area contributed by atoms with Gasteiger partial charge in [-0.15, -0.1) is 11.3 Å². The molecule has 2 N–H and O–H groups in total. The van der Waals surface area contributed by atoms with Crippen LogP contribution < -0.4 is 5.32 Å². The maximum Gasteiger partial charge on any atom is 0.408 e. The van der Waals surface area contributed by atoms with Gasteiger partial charge in [0.2, 0.25) is 0 Å². The maximum atomic E-state index is 11.5. The molecule has 1 aromatic carbocycles. The summed E-state index contributed by atoms with van der Waals surface area (Å²) in [4.78, 5) is 23.3. The fourth-order valence-electron chi connectivity index (χ4n) is 1.73. The first-order chi connectivity index (χ1) is 11.1. The highest BCUT2D eigenvalue weighted by Gasteiger charge is 2.09. The van der Waals surface area contributed by atoms with E-state index in [9.17, 15) is 9.59 Å². The first-order valence-corrected chi connectivity index (χ1v) is 7.65. The van der Waals surface area contributed by atoms with Crippen LogP contribution in [0.15, 0.2) is 36.4 Å². The molecule has 0 atom stereocenters. The predicted molar refractivity (Wildman–Crippen MR) is 87.5 cm³/mol. The van der Waals surface area contributed by atoms with Gasteiger partial charge in [-0.3, -0.25) is 0 Å². The molecule has 1 aromatic heterocycles. The van der Waals surface area contributed by atoms with Crippen molar-refractivity contribution < 1.29 is 19.4 Å². The van der Waals surface area contributed by atoms with Crippen LogP contribution in [0.2, 0.25) is 0 Å². The topological polar surface area (TPSA) is 75.6 Å². The third kappa shape index (κ3) is 5.16. The maximum absolute atomic E-state index is 11.5. The average molecular weight is 329 g/mol. The van der Waals surface area contributed by atoms with Crippen molar-refractivity contribution in [2.45, 2.75) is 13.5 Å². The number of carbonyl (C=O) groups excluding carboxylic acids is 1. The summed E-state index contributed by atoms with van der Waals surface area (Å²) in [6, 6.07) is 11.0. The molecule has 0 radical (unpaired) electrons. The number of alkyl carbamates (subject to hydrolysis) is 1. The molecular weight excluding hydrogens is 314 g/mol. The van der Waals surface area contributed by atoms with Crippen molar-refractivity contribution in [1.82, 2.24) is 5.32 Å². The monoisotopic (exact) mass is 329 g/mol. The largest absolute Gasteiger partial charge is 0.477 e. The normalized spacial score (nSPS) is 9.61. The zero-order chi connectivity index (χ0) is 16.7. The van der Waals surface area contributed by atoms with Crippen molar-refractivity contribution in [3.8, 4) is 11.8 Å². The fraction of sp³-hybridized carbons (Fsp3) is 0.176. The molecular formula is C17H15NO4S. The molecule has 0 unspecified atom stereocenters. The molecule has 0 bridgehead atoms. The number of ether oxygens (including phenoxy) is 1. The van der Waals surface area contributed by atoms with E-state index in [2.05, 4.69) is 17.2 Å². The van der Waals surface area contributed by atoms with Crippen LogP contribution in [0, 0.1) is 18.8 Å². The summed E-state index contributed by atoms with van der Waals surface area (Å²) >= 11 is 1.12. The van der Waals surface area contributed by atoms with Crippen molar-refractivity contribution in [3.63, 3.8) is 0 Å². The third-order valence-corrected chi connectivity index (χ3v) is 4.00. The van der Waals surface area contributed by atoms with Crippen LogP contribution in [-0.4, -0.2) is 23.7 Å². The van der Waals surface area contributed by atoms with E-state index in [1.165, 1.54) is 0 Å². The Morgan fingerprint density at radius 2 is 2.04 bits per heavy atom. The van der Waals surface area contributed by atoms with Crippen LogP contribution in [-0.2, 0) is 11.3 Å². The summed E-state index contributed by atoms with van der Waals surface area (Å²) in [5.41, 5.74) is 1.72. The zero-order valence-electron chi connectivity index (χ0n) is 12.5. The number of hydrogen-bond acceptors (Lipinski definition) is 4. The van der Waals surface area contributed by atoms with Crippen LogP contribution >= 0.6 is 11.3 Å². The van der Waals surface area contributed by atoms with Gasteiger partial charge >= 0.3 is 12.1 Å². The van der Waals surface area contributed by atoms with Crippen molar-refractivity contribution in [1.29, 1.82) is 0 Å². The number of benzene rings is 1. The number of hydrogen-bond donors (Lipinski definition) is 2. The first kappa shape index (κ1) is 16.6. The Hall–Kier alpha value is -2.78. The molecule has 1 amide bonds. The highest BCUT2D eigenvalue weighted by Crippen LogP contribution is 2.20. The smallest absolute Gasteiger partial charge is 0.408 e. The molecule has 0 aliphatic heterocycles. The number of thiophene rings is 1. The van der Waals surface area contributed by atoms with Crippen LogP contribution in [0.25, 0.3) is 0 Å². The predicted octanol–water partition coefficient (Wildman–Crippen LogP) is 3.03. The molecule has 0 fully saturated rings. The Morgan fingerprint density at radius 3 is 2.70 bits per heavy atom. The van der Waals surface area contributed by atoms with Crippen molar-refractivity contribution in [2.75, 3.05) is 6.54 Å². The molecule has 1 heterocycles. The van der Waals surface area contributed by atoms with Gasteiger partial charge in [-0.05, 0) is 24.1 Å². The lowest BCUT2D eigenvalue weighted by Crippen LogP contribution is -2.24. The fourth-order valence-corrected chi connectivity index (χ4v) is 2.61. The van der Waals surface area contributed by atoms with Gasteiger partial charge in [0.05, 0.1) is 11.4 Å². The van der Waals surface area contributed by atoms with E-state index in [0.717, 1.165) is 22.5 Å². The second-order valence-electron chi connectivity index (χ2n) is 4.65. The average Bonchev–Trinajstić information content (AvgIpc) is 2.92. The molecule has 0 saturated carbocycles. The van der Waals surface area contributed by atoms with E-state index in [1.807, 2.05) is 30.3 Å². The highest BCUT2D eigenvalue weighted by atomic mass is 32.1. The molecule has 6 heteroatoms. The lowest BCUT2D eigenvalue weighted by atomic mass is 10.2. The Labute approximate surface area is 137 Å². The molecule has 23 heavy (non-hydrogen) atoms. The molecule has 5 nitrogen and oxygen atoms in total. The minimum absolute atomic E-state index is 0.132. The van der Waals surface area contributed by atoms with E-state index in [-0.39, 0.29) is 18.0 Å². The highest BCUT2D eigenvalue weighted by molar-refractivity contribution is 7.14. The van der Waals surface area contributed by atoms with E-state index >= 15 is 0 Å². The van der Waals surface area contributed by atoms with Gasteiger partial charge in [-0.2, -0.15) is 0 Å². The van der Waals surface area contributed by atoms with Gasteiger partial charge in [0.25, 0.3) is 0 Å². The Bertz CT molecular complexity index is 756. The van der Waals surface area contributed by atoms with Gasteiger partial charge in [-0.25, -0.2) is 9.59 Å². The minimum Gasteiger partial charge on any atom is -0.477 e. The molecule has 0 aliphatic carbocycles. The van der Waals surface area contributed by atoms with E-state index < -0.39 is 12.1 Å². The summed E-state index contributed by atoms with van der Waals surface area (Å²) in [5.74, 6) is 4.67. The standard InChI is InChI=1S/C17H15NO4S/c1-12-10-15(16(19)20)23-14(12)8-5-9-18-17(21)22-11-13-6-3-2-4-7-13/h2-4,6-7,10H,9,11H2,1H3,(H,18,21)(H,19,20). The molecule has 118 valence electrons. The van der Waals surface area contributed by atoms with Gasteiger partial charge < -0.3 is 15.2 Å². The molecule has 0 saturated heterocycles. The van der Waals surface area contributed by atoms with Gasteiger partial charge in [-0.1, -0.05) is 42.2 Å². The number of aryl methyl sites for hydroxylation is 1. The summed E-state index contributed by atoms with van der Waals surface area (Å²) in [5, 5.41) is 11.4. The molecule has 2 rings (SSSR count). The second kappa shape index (κ2) is 8.01. The number of aromatic carboxylic acids is 1. The summed E-state index contributed by atoms with van der Waals surface area (Å²) in [6.07, 6.45) is -0.544. The van der Waals surface area contributed by atoms with Crippen LogP contribution in [0.4, 0.5) is 4.79 Å². The Balaban J connectivity index is 1.79. The van der Waals surface area contributed by atoms with Crippen molar-refractivity contribution >= 4 is 23.4 Å². The third-order valence-electron chi connectivity index (χ3n) is 2.86. The number of amides is 1. The van der Waals surface area contributed by atoms with Crippen LogP contribution in [0.1, 0.15) is 25.7 Å². The van der Waals surface area contributed by atoms with E-state index in [1.54, 1.807) is 13.0 Å². The summed E-state index contributed by atoms with van der Waals surface area (Å²) < 4.78 is 5.05. The van der Waals surface area contributed by atoms with Gasteiger partial charge in [0.15, 0.2) is 0 Å². The first-order valence-electron chi connectivity index (χ1n) is 6.83. The summed E-state index contributed by atoms with van der Waals surface area (Å²) in [6.45, 7) is 2.13. The van der Waals surface area contributed by atoms with E-state index in [0.29, 0.717) is 4.88 Å².